The Balaban J connectivity index is 1.34. The van der Waals surface area contributed by atoms with Gasteiger partial charge >= 0.3 is 6.09 Å². The fourth-order valence-corrected chi connectivity index (χ4v) is 4.33. The van der Waals surface area contributed by atoms with Crippen molar-refractivity contribution in [1.29, 1.82) is 0 Å². The number of thiazole rings is 1. The first-order chi connectivity index (χ1) is 13.6. The van der Waals surface area contributed by atoms with Crippen LogP contribution in [0.2, 0.25) is 0 Å². The lowest BCUT2D eigenvalue weighted by Gasteiger charge is -2.31. The van der Waals surface area contributed by atoms with Crippen LogP contribution in [0, 0.1) is 12.8 Å². The smallest absolute Gasteiger partial charge is 0.414 e. The highest BCUT2D eigenvalue weighted by molar-refractivity contribution is 7.09. The van der Waals surface area contributed by atoms with Gasteiger partial charge in [0.25, 0.3) is 0 Å². The average Bonchev–Trinajstić information content (AvgIpc) is 3.31. The molecule has 2 saturated heterocycles. The lowest BCUT2D eigenvalue weighted by atomic mass is 9.95. The van der Waals surface area contributed by atoms with E-state index in [1.165, 1.54) is 0 Å². The van der Waals surface area contributed by atoms with Crippen molar-refractivity contribution >= 4 is 34.7 Å². The van der Waals surface area contributed by atoms with E-state index in [1.807, 2.05) is 31.2 Å². The number of aromatic nitrogens is 1. The summed E-state index contributed by atoms with van der Waals surface area (Å²) >= 11 is 1.67. The summed E-state index contributed by atoms with van der Waals surface area (Å²) in [5.41, 5.74) is 2.46. The van der Waals surface area contributed by atoms with Crippen molar-refractivity contribution in [3.05, 3.63) is 40.3 Å². The molecule has 4 rings (SSSR count). The minimum Gasteiger partial charge on any atom is -0.447 e. The zero-order chi connectivity index (χ0) is 19.5. The number of cyclic esters (lactones) is 1. The number of rotatable bonds is 5. The van der Waals surface area contributed by atoms with Crippen molar-refractivity contribution in [3.8, 4) is 0 Å². The number of anilines is 2. The quantitative estimate of drug-likeness (QED) is 0.834. The Morgan fingerprint density at radius 2 is 2.07 bits per heavy atom. The predicted octanol–water partition coefficient (Wildman–Crippen LogP) is 3.26. The van der Waals surface area contributed by atoms with Crippen molar-refractivity contribution in [1.82, 2.24) is 9.88 Å². The number of carbonyl (C=O) groups is 2. The van der Waals surface area contributed by atoms with E-state index < -0.39 is 0 Å². The van der Waals surface area contributed by atoms with Crippen LogP contribution < -0.4 is 10.2 Å². The SMILES string of the molecule is Cc1nc(CN2CCC(C(=O)Nc3ccccc3N3CCOC3=O)CC2)cs1. The number of hydrogen-bond donors (Lipinski definition) is 1. The van der Waals surface area contributed by atoms with E-state index in [-0.39, 0.29) is 17.9 Å². The van der Waals surface area contributed by atoms with Crippen molar-refractivity contribution in [2.75, 3.05) is 36.5 Å². The molecule has 2 amide bonds. The molecule has 2 aliphatic rings. The molecule has 2 aromatic rings. The van der Waals surface area contributed by atoms with Gasteiger partial charge in [0.15, 0.2) is 0 Å². The number of benzene rings is 1. The van der Waals surface area contributed by atoms with Crippen LogP contribution in [0.1, 0.15) is 23.5 Å². The van der Waals surface area contributed by atoms with E-state index in [4.69, 9.17) is 4.74 Å². The van der Waals surface area contributed by atoms with Gasteiger partial charge in [-0.1, -0.05) is 12.1 Å². The molecule has 7 nitrogen and oxygen atoms in total. The Hall–Kier alpha value is -2.45. The predicted molar refractivity (Wildman–Crippen MR) is 109 cm³/mol. The van der Waals surface area contributed by atoms with E-state index >= 15 is 0 Å². The molecule has 1 aromatic heterocycles. The van der Waals surface area contributed by atoms with Gasteiger partial charge in [-0.2, -0.15) is 0 Å². The normalized spacial score (nSPS) is 18.3. The summed E-state index contributed by atoms with van der Waals surface area (Å²) in [6.45, 7) is 5.50. The third-order valence-corrected chi connectivity index (χ3v) is 6.05. The fraction of sp³-hybridized carbons (Fsp3) is 0.450. The Kier molecular flexibility index (Phi) is 5.59. The van der Waals surface area contributed by atoms with Crippen LogP contribution in [0.3, 0.4) is 0 Å². The molecule has 148 valence electrons. The van der Waals surface area contributed by atoms with Crippen LogP contribution in [0.15, 0.2) is 29.6 Å². The van der Waals surface area contributed by atoms with Gasteiger partial charge < -0.3 is 10.1 Å². The molecule has 2 aliphatic heterocycles. The minimum absolute atomic E-state index is 0.0177. The number of para-hydroxylation sites is 2. The molecule has 0 saturated carbocycles. The largest absolute Gasteiger partial charge is 0.447 e. The average molecular weight is 401 g/mol. The lowest BCUT2D eigenvalue weighted by Crippen LogP contribution is -2.38. The van der Waals surface area contributed by atoms with Gasteiger partial charge in [0.1, 0.15) is 6.61 Å². The van der Waals surface area contributed by atoms with Gasteiger partial charge in [0, 0.05) is 17.8 Å². The summed E-state index contributed by atoms with van der Waals surface area (Å²) < 4.78 is 5.02. The van der Waals surface area contributed by atoms with Gasteiger partial charge in [-0.25, -0.2) is 9.78 Å². The highest BCUT2D eigenvalue weighted by atomic mass is 32.1. The standard InChI is InChI=1S/C20H24N4O3S/c1-14-21-16(13-28-14)12-23-8-6-15(7-9-23)19(25)22-17-4-2-3-5-18(17)24-10-11-27-20(24)26/h2-5,13,15H,6-12H2,1H3,(H,22,25). The number of nitrogens with zero attached hydrogens (tertiary/aromatic N) is 3. The number of likely N-dealkylation sites (tertiary alicyclic amines) is 1. The Labute approximate surface area is 168 Å². The second-order valence-corrected chi connectivity index (χ2v) is 8.24. The molecule has 2 fully saturated rings. The zero-order valence-electron chi connectivity index (χ0n) is 15.9. The Morgan fingerprint density at radius 1 is 1.29 bits per heavy atom. The summed E-state index contributed by atoms with van der Waals surface area (Å²) in [4.78, 5) is 33.1. The van der Waals surface area contributed by atoms with E-state index in [0.717, 1.165) is 43.2 Å². The molecule has 1 aromatic carbocycles. The van der Waals surface area contributed by atoms with E-state index in [9.17, 15) is 9.59 Å². The maximum atomic E-state index is 12.8. The van der Waals surface area contributed by atoms with Gasteiger partial charge in [0.2, 0.25) is 5.91 Å². The van der Waals surface area contributed by atoms with Crippen LogP contribution >= 0.6 is 11.3 Å². The zero-order valence-corrected chi connectivity index (χ0v) is 16.7. The highest BCUT2D eigenvalue weighted by Crippen LogP contribution is 2.29. The van der Waals surface area contributed by atoms with Gasteiger partial charge in [-0.05, 0) is 45.0 Å². The monoisotopic (exact) mass is 400 g/mol. The van der Waals surface area contributed by atoms with Crippen LogP contribution in [0.4, 0.5) is 16.2 Å². The molecule has 0 atom stereocenters. The van der Waals surface area contributed by atoms with E-state index in [2.05, 4.69) is 20.6 Å². The summed E-state index contributed by atoms with van der Waals surface area (Å²) in [6, 6.07) is 7.38. The number of nitrogens with one attached hydrogen (secondary N) is 1. The summed E-state index contributed by atoms with van der Waals surface area (Å²) in [6.07, 6.45) is 1.28. The summed E-state index contributed by atoms with van der Waals surface area (Å²) in [5, 5.41) is 6.22. The third kappa shape index (κ3) is 4.18. The first-order valence-corrected chi connectivity index (χ1v) is 10.5. The van der Waals surface area contributed by atoms with Crippen molar-refractivity contribution < 1.29 is 14.3 Å². The first-order valence-electron chi connectivity index (χ1n) is 9.57. The van der Waals surface area contributed by atoms with Crippen LogP contribution in [0.5, 0.6) is 0 Å². The fourth-order valence-electron chi connectivity index (χ4n) is 3.72. The number of carbonyl (C=O) groups excluding carboxylic acids is 2. The molecule has 0 unspecified atom stereocenters. The van der Waals surface area contributed by atoms with Crippen LogP contribution in [0.25, 0.3) is 0 Å². The Bertz CT molecular complexity index is 861. The van der Waals surface area contributed by atoms with Crippen molar-refractivity contribution in [3.63, 3.8) is 0 Å². The number of piperidine rings is 1. The number of hydrogen-bond acceptors (Lipinski definition) is 6. The second kappa shape index (κ2) is 8.28. The first kappa shape index (κ1) is 18.9. The third-order valence-electron chi connectivity index (χ3n) is 5.22. The highest BCUT2D eigenvalue weighted by Gasteiger charge is 2.28. The lowest BCUT2D eigenvalue weighted by molar-refractivity contribution is -0.121. The Morgan fingerprint density at radius 3 is 2.75 bits per heavy atom. The maximum Gasteiger partial charge on any atom is 0.414 e. The molecule has 3 heterocycles. The topological polar surface area (TPSA) is 74.8 Å². The maximum absolute atomic E-state index is 12.8. The molecule has 0 spiro atoms. The van der Waals surface area contributed by atoms with Gasteiger partial charge in [-0.15, -0.1) is 11.3 Å². The molecule has 0 bridgehead atoms. The van der Waals surface area contributed by atoms with Gasteiger partial charge in [-0.3, -0.25) is 14.6 Å². The molecule has 28 heavy (non-hydrogen) atoms. The summed E-state index contributed by atoms with van der Waals surface area (Å²) in [7, 11) is 0. The summed E-state index contributed by atoms with van der Waals surface area (Å²) in [5.74, 6) is -0.00354. The van der Waals surface area contributed by atoms with Crippen LogP contribution in [-0.4, -0.2) is 48.1 Å². The van der Waals surface area contributed by atoms with Crippen molar-refractivity contribution in [2.45, 2.75) is 26.3 Å². The van der Waals surface area contributed by atoms with Crippen molar-refractivity contribution in [2.24, 2.45) is 5.92 Å². The molecule has 0 radical (unpaired) electrons. The van der Waals surface area contributed by atoms with E-state index in [0.29, 0.717) is 24.5 Å². The number of aryl methyl sites for hydroxylation is 1. The molecular formula is C20H24N4O3S. The van der Waals surface area contributed by atoms with E-state index in [1.54, 1.807) is 16.2 Å². The molecule has 8 heteroatoms. The molecular weight excluding hydrogens is 376 g/mol. The number of amides is 2. The number of ether oxygens (including phenoxy) is 1. The molecule has 1 N–H and O–H groups in total. The molecule has 0 aliphatic carbocycles. The van der Waals surface area contributed by atoms with Crippen LogP contribution in [-0.2, 0) is 16.1 Å². The minimum atomic E-state index is -0.368. The second-order valence-electron chi connectivity index (χ2n) is 7.18. The van der Waals surface area contributed by atoms with Gasteiger partial charge in [0.05, 0.1) is 28.6 Å².